The molecule has 184 valence electrons. The van der Waals surface area contributed by atoms with Gasteiger partial charge in [-0.1, -0.05) is 42.5 Å². The molecule has 2 heterocycles. The fourth-order valence-electron chi connectivity index (χ4n) is 5.51. The predicted molar refractivity (Wildman–Crippen MR) is 144 cm³/mol. The lowest BCUT2D eigenvalue weighted by atomic mass is 9.81. The Balaban J connectivity index is 1.48. The molecule has 0 bridgehead atoms. The lowest BCUT2D eigenvalue weighted by Gasteiger charge is -2.39. The zero-order valence-electron chi connectivity index (χ0n) is 21.5. The molecule has 6 heteroatoms. The third-order valence-corrected chi connectivity index (χ3v) is 7.22. The van der Waals surface area contributed by atoms with Crippen molar-refractivity contribution in [3.05, 3.63) is 95.1 Å². The van der Waals surface area contributed by atoms with Crippen LogP contribution in [-0.2, 0) is 0 Å². The van der Waals surface area contributed by atoms with Crippen LogP contribution < -0.4 is 10.3 Å². The minimum Gasteiger partial charge on any atom is -0.313 e. The number of benzene rings is 2. The second-order valence-electron chi connectivity index (χ2n) is 9.61. The van der Waals surface area contributed by atoms with Gasteiger partial charge in [-0.2, -0.15) is 0 Å². The number of nitrogens with zero attached hydrogens (tertiary/aromatic N) is 5. The topological polar surface area (TPSA) is 57.2 Å². The third-order valence-electron chi connectivity index (χ3n) is 7.22. The molecule has 1 aliphatic rings. The number of hydrogen-bond donors (Lipinski definition) is 1. The Hall–Kier alpha value is -3.09. The smallest absolute Gasteiger partial charge is 0.243 e. The zero-order valence-corrected chi connectivity index (χ0v) is 21.5. The molecular weight excluding hydrogens is 432 g/mol. The first-order valence-corrected chi connectivity index (χ1v) is 12.6. The summed E-state index contributed by atoms with van der Waals surface area (Å²) >= 11 is 0. The van der Waals surface area contributed by atoms with Crippen molar-refractivity contribution in [1.82, 2.24) is 25.3 Å². The minimum atomic E-state index is 0.331. The van der Waals surface area contributed by atoms with Gasteiger partial charge in [0.1, 0.15) is 12.7 Å². The molecular formula is C29H38N6. The number of aryl methyl sites for hydroxylation is 4. The van der Waals surface area contributed by atoms with E-state index in [1.165, 1.54) is 33.4 Å². The van der Waals surface area contributed by atoms with Crippen LogP contribution >= 0.6 is 0 Å². The van der Waals surface area contributed by atoms with E-state index in [1.807, 2.05) is 6.08 Å². The first kappa shape index (κ1) is 25.0. The van der Waals surface area contributed by atoms with E-state index in [-0.39, 0.29) is 0 Å². The maximum atomic E-state index is 4.35. The highest BCUT2D eigenvalue weighted by Gasteiger charge is 2.27. The number of nitrogens with one attached hydrogen (secondary N) is 1. The Bertz CT molecular complexity index is 1030. The standard InChI is InChI=1S/C29H38N6/c1-6-15-35(29-32-19-30-20-33-29)34-16-13-25(14-17-34)31-18-26(27-21(2)9-7-10-22(27)3)28-23(4)11-8-12-24(28)5/h6-12,19-20,25-26,31H,1,13-18H2,2-5H3. The van der Waals surface area contributed by atoms with Crippen molar-refractivity contribution < 1.29 is 0 Å². The molecule has 3 aromatic rings. The number of hydrazine groups is 1. The second kappa shape index (κ2) is 11.6. The fraction of sp³-hybridized carbons (Fsp3) is 0.414. The molecule has 4 rings (SSSR count). The molecule has 0 amide bonds. The molecule has 1 aromatic heterocycles. The van der Waals surface area contributed by atoms with Crippen LogP contribution in [0.25, 0.3) is 0 Å². The molecule has 0 saturated carbocycles. The summed E-state index contributed by atoms with van der Waals surface area (Å²) in [6.07, 6.45) is 7.14. The lowest BCUT2D eigenvalue weighted by Crippen LogP contribution is -2.51. The summed E-state index contributed by atoms with van der Waals surface area (Å²) in [5.41, 5.74) is 8.39. The number of anilines is 1. The molecule has 0 radical (unpaired) electrons. The quantitative estimate of drug-likeness (QED) is 0.449. The molecule has 0 unspecified atom stereocenters. The molecule has 35 heavy (non-hydrogen) atoms. The van der Waals surface area contributed by atoms with Crippen LogP contribution in [-0.4, -0.2) is 52.2 Å². The highest BCUT2D eigenvalue weighted by molar-refractivity contribution is 5.48. The Labute approximate surface area is 210 Å². The molecule has 6 nitrogen and oxygen atoms in total. The molecule has 1 aliphatic heterocycles. The van der Waals surface area contributed by atoms with Gasteiger partial charge in [0.25, 0.3) is 0 Å². The monoisotopic (exact) mass is 470 g/mol. The summed E-state index contributed by atoms with van der Waals surface area (Å²) < 4.78 is 0. The molecule has 0 spiro atoms. The maximum absolute atomic E-state index is 4.35. The van der Waals surface area contributed by atoms with Gasteiger partial charge in [0.05, 0.1) is 6.54 Å². The average molecular weight is 471 g/mol. The van der Waals surface area contributed by atoms with Gasteiger partial charge in [-0.15, -0.1) is 6.58 Å². The molecule has 1 saturated heterocycles. The number of piperidine rings is 1. The van der Waals surface area contributed by atoms with E-state index in [4.69, 9.17) is 0 Å². The average Bonchev–Trinajstić information content (AvgIpc) is 2.86. The minimum absolute atomic E-state index is 0.331. The number of hydrogen-bond acceptors (Lipinski definition) is 6. The van der Waals surface area contributed by atoms with Crippen LogP contribution in [0.3, 0.4) is 0 Å². The SMILES string of the molecule is C=CCN(c1ncncn1)N1CCC(NCC(c2c(C)cccc2C)c2c(C)cccc2C)CC1. The van der Waals surface area contributed by atoms with Gasteiger partial charge < -0.3 is 5.32 Å². The predicted octanol–water partition coefficient (Wildman–Crippen LogP) is 4.90. The van der Waals surface area contributed by atoms with Gasteiger partial charge in [0.2, 0.25) is 5.95 Å². The third kappa shape index (κ3) is 5.77. The van der Waals surface area contributed by atoms with Gasteiger partial charge in [-0.05, 0) is 73.9 Å². The second-order valence-corrected chi connectivity index (χ2v) is 9.61. The van der Waals surface area contributed by atoms with Gasteiger partial charge in [0, 0.05) is 31.6 Å². The largest absolute Gasteiger partial charge is 0.313 e. The van der Waals surface area contributed by atoms with Gasteiger partial charge in [-0.3, -0.25) is 5.01 Å². The Morgan fingerprint density at radius 2 is 1.46 bits per heavy atom. The van der Waals surface area contributed by atoms with Crippen LogP contribution in [0.4, 0.5) is 5.95 Å². The summed E-state index contributed by atoms with van der Waals surface area (Å²) in [7, 11) is 0. The molecule has 1 fully saturated rings. The highest BCUT2D eigenvalue weighted by Crippen LogP contribution is 2.34. The van der Waals surface area contributed by atoms with E-state index in [1.54, 1.807) is 12.7 Å². The molecule has 0 aliphatic carbocycles. The Morgan fingerprint density at radius 3 is 1.94 bits per heavy atom. The van der Waals surface area contributed by atoms with Crippen molar-refractivity contribution in [2.45, 2.75) is 52.5 Å². The van der Waals surface area contributed by atoms with E-state index in [9.17, 15) is 0 Å². The maximum Gasteiger partial charge on any atom is 0.243 e. The van der Waals surface area contributed by atoms with Crippen molar-refractivity contribution in [2.24, 2.45) is 0 Å². The van der Waals surface area contributed by atoms with Crippen LogP contribution in [0.2, 0.25) is 0 Å². The van der Waals surface area contributed by atoms with E-state index in [2.05, 4.69) is 101 Å². The lowest BCUT2D eigenvalue weighted by molar-refractivity contribution is 0.182. The zero-order chi connectivity index (χ0) is 24.8. The van der Waals surface area contributed by atoms with Crippen molar-refractivity contribution >= 4 is 5.95 Å². The van der Waals surface area contributed by atoms with Gasteiger partial charge in [-0.25, -0.2) is 20.0 Å². The number of rotatable bonds is 9. The Morgan fingerprint density at radius 1 is 0.943 bits per heavy atom. The van der Waals surface area contributed by atoms with Crippen molar-refractivity contribution in [3.63, 3.8) is 0 Å². The normalized spacial score (nSPS) is 14.9. The van der Waals surface area contributed by atoms with Crippen molar-refractivity contribution in [2.75, 3.05) is 31.2 Å². The first-order chi connectivity index (χ1) is 17.0. The van der Waals surface area contributed by atoms with Crippen molar-refractivity contribution in [3.8, 4) is 0 Å². The molecule has 1 N–H and O–H groups in total. The van der Waals surface area contributed by atoms with Gasteiger partial charge >= 0.3 is 0 Å². The van der Waals surface area contributed by atoms with Gasteiger partial charge in [0.15, 0.2) is 0 Å². The number of aromatic nitrogens is 3. The first-order valence-electron chi connectivity index (χ1n) is 12.6. The Kier molecular flexibility index (Phi) is 8.26. The molecule has 2 aromatic carbocycles. The summed E-state index contributed by atoms with van der Waals surface area (Å²) in [6, 6.07) is 13.8. The van der Waals surface area contributed by atoms with Crippen LogP contribution in [0.5, 0.6) is 0 Å². The highest BCUT2D eigenvalue weighted by atomic mass is 15.7. The van der Waals surface area contributed by atoms with E-state index < -0.39 is 0 Å². The summed E-state index contributed by atoms with van der Waals surface area (Å²) in [6.45, 7) is 16.4. The van der Waals surface area contributed by atoms with E-state index >= 15 is 0 Å². The molecule has 0 atom stereocenters. The van der Waals surface area contributed by atoms with E-state index in [0.29, 0.717) is 24.5 Å². The van der Waals surface area contributed by atoms with Crippen LogP contribution in [0.1, 0.15) is 52.1 Å². The van der Waals surface area contributed by atoms with Crippen LogP contribution in [0.15, 0.2) is 61.7 Å². The van der Waals surface area contributed by atoms with E-state index in [0.717, 1.165) is 32.5 Å². The summed E-state index contributed by atoms with van der Waals surface area (Å²) in [4.78, 5) is 12.7. The van der Waals surface area contributed by atoms with Crippen molar-refractivity contribution in [1.29, 1.82) is 0 Å². The fourth-order valence-corrected chi connectivity index (χ4v) is 5.51. The summed E-state index contributed by atoms with van der Waals surface area (Å²) in [5.74, 6) is 1.01. The van der Waals surface area contributed by atoms with Crippen LogP contribution in [0, 0.1) is 27.7 Å². The summed E-state index contributed by atoms with van der Waals surface area (Å²) in [5, 5.41) is 8.40.